The first-order chi connectivity index (χ1) is 3.42. The molecular formula is C3H7Li2O4P. The summed E-state index contributed by atoms with van der Waals surface area (Å²) in [4.78, 5) is 19.4. The van der Waals surface area contributed by atoms with Crippen LogP contribution < -0.4 is 47.5 Å². The second kappa shape index (κ2) is 6.98. The molecule has 0 aliphatic rings. The van der Waals surface area contributed by atoms with Crippen molar-refractivity contribution >= 4 is 7.82 Å². The van der Waals surface area contributed by atoms with Gasteiger partial charge in [0.25, 0.3) is 0 Å². The topological polar surface area (TPSA) is 72.4 Å². The first kappa shape index (κ1) is 17.4. The second-order valence-electron chi connectivity index (χ2n) is 1.60. The van der Waals surface area contributed by atoms with Gasteiger partial charge in [-0.3, -0.25) is 0 Å². The van der Waals surface area contributed by atoms with Crippen LogP contribution in [0.2, 0.25) is 0 Å². The third-order valence-corrected chi connectivity index (χ3v) is 1.02. The molecule has 0 aromatic heterocycles. The number of rotatable bonds is 2. The first-order valence-electron chi connectivity index (χ1n) is 2.12. The van der Waals surface area contributed by atoms with Crippen LogP contribution in [0.15, 0.2) is 0 Å². The van der Waals surface area contributed by atoms with E-state index in [9.17, 15) is 14.4 Å². The van der Waals surface area contributed by atoms with Gasteiger partial charge in [-0.15, -0.1) is 0 Å². The van der Waals surface area contributed by atoms with Crippen LogP contribution in [0, 0.1) is 0 Å². The molecule has 7 heteroatoms. The summed E-state index contributed by atoms with van der Waals surface area (Å²) in [6.45, 7) is 2.95. The van der Waals surface area contributed by atoms with Crippen molar-refractivity contribution in [2.45, 2.75) is 20.0 Å². The van der Waals surface area contributed by atoms with E-state index in [1.54, 1.807) is 0 Å². The SMILES string of the molecule is CC(C)OP(=O)([O-])[O-].[Li+].[Li+]. The second-order valence-corrected chi connectivity index (χ2v) is 2.71. The summed E-state index contributed by atoms with van der Waals surface area (Å²) < 4.78 is 13.6. The largest absolute Gasteiger partial charge is 1.00 e. The molecule has 0 saturated carbocycles. The Bertz CT molecular complexity index is 111. The molecule has 0 N–H and O–H groups in total. The number of phosphoric ester groups is 1. The molecule has 10 heavy (non-hydrogen) atoms. The zero-order valence-electron chi connectivity index (χ0n) is 6.66. The Labute approximate surface area is 84.3 Å². The summed E-state index contributed by atoms with van der Waals surface area (Å²) >= 11 is 0. The van der Waals surface area contributed by atoms with Gasteiger partial charge in [-0.25, -0.2) is 0 Å². The molecule has 0 spiro atoms. The van der Waals surface area contributed by atoms with E-state index in [-0.39, 0.29) is 37.7 Å². The molecule has 0 fully saturated rings. The van der Waals surface area contributed by atoms with Gasteiger partial charge in [0.1, 0.15) is 0 Å². The van der Waals surface area contributed by atoms with Crippen LogP contribution in [0.25, 0.3) is 0 Å². The van der Waals surface area contributed by atoms with Crippen LogP contribution in [-0.2, 0) is 9.09 Å². The van der Waals surface area contributed by atoms with Crippen LogP contribution in [0.5, 0.6) is 0 Å². The molecule has 0 radical (unpaired) electrons. The summed E-state index contributed by atoms with van der Waals surface area (Å²) in [6, 6.07) is 0. The third-order valence-electron chi connectivity index (χ3n) is 0.340. The maximum Gasteiger partial charge on any atom is 1.00 e. The first-order valence-corrected chi connectivity index (χ1v) is 3.58. The summed E-state index contributed by atoms with van der Waals surface area (Å²) in [7, 11) is -4.72. The molecule has 0 rings (SSSR count). The van der Waals surface area contributed by atoms with E-state index in [0.29, 0.717) is 0 Å². The Morgan fingerprint density at radius 3 is 1.60 bits per heavy atom. The zero-order valence-corrected chi connectivity index (χ0v) is 7.55. The van der Waals surface area contributed by atoms with Gasteiger partial charge in [0.2, 0.25) is 0 Å². The summed E-state index contributed by atoms with van der Waals surface area (Å²) in [6.07, 6.45) is -0.546. The van der Waals surface area contributed by atoms with Crippen molar-refractivity contribution in [3.05, 3.63) is 0 Å². The van der Waals surface area contributed by atoms with Gasteiger partial charge in [0.15, 0.2) is 0 Å². The van der Waals surface area contributed by atoms with Crippen molar-refractivity contribution in [1.29, 1.82) is 0 Å². The molecule has 4 nitrogen and oxygen atoms in total. The van der Waals surface area contributed by atoms with E-state index in [1.807, 2.05) is 0 Å². The minimum absolute atomic E-state index is 0. The molecule has 0 aromatic rings. The fourth-order valence-electron chi connectivity index (χ4n) is 0.258. The number of hydrogen-bond acceptors (Lipinski definition) is 4. The molecule has 0 aromatic carbocycles. The van der Waals surface area contributed by atoms with Crippen molar-refractivity contribution < 1.29 is 56.6 Å². The molecule has 0 bridgehead atoms. The standard InChI is InChI=1S/C3H9O4P.2Li/c1-3(2)7-8(4,5)6;;/h3H,1-2H3,(H2,4,5,6);;/q;2*+1/p-2. The minimum atomic E-state index is -4.72. The van der Waals surface area contributed by atoms with Gasteiger partial charge in [0.05, 0.1) is 13.9 Å². The Balaban J connectivity index is -0.000000245. The zero-order chi connectivity index (χ0) is 6.78. The molecule has 0 amide bonds. The van der Waals surface area contributed by atoms with Crippen LogP contribution in [0.3, 0.4) is 0 Å². The summed E-state index contributed by atoms with van der Waals surface area (Å²) in [5.41, 5.74) is 0. The fourth-order valence-corrected chi connectivity index (χ4v) is 0.775. The molecular weight excluding hydrogens is 145 g/mol. The van der Waals surface area contributed by atoms with E-state index >= 15 is 0 Å². The van der Waals surface area contributed by atoms with Crippen LogP contribution in [-0.4, -0.2) is 6.10 Å². The molecule has 0 heterocycles. The van der Waals surface area contributed by atoms with Gasteiger partial charge < -0.3 is 18.9 Å². The normalized spacial score (nSPS) is 10.1. The third kappa shape index (κ3) is 16.1. The average Bonchev–Trinajstić information content (AvgIpc) is 1.21. The van der Waals surface area contributed by atoms with Crippen LogP contribution in [0.4, 0.5) is 0 Å². The van der Waals surface area contributed by atoms with Crippen molar-refractivity contribution in [3.8, 4) is 0 Å². The summed E-state index contributed by atoms with van der Waals surface area (Å²) in [5, 5.41) is 0. The van der Waals surface area contributed by atoms with E-state index < -0.39 is 13.9 Å². The van der Waals surface area contributed by atoms with Crippen molar-refractivity contribution in [2.75, 3.05) is 0 Å². The smallest absolute Gasteiger partial charge is 0.790 e. The molecule has 0 aliphatic heterocycles. The Hall–Kier alpha value is 1.30. The van der Waals surface area contributed by atoms with E-state index in [4.69, 9.17) is 0 Å². The molecule has 0 unspecified atom stereocenters. The number of phosphoric acid groups is 1. The van der Waals surface area contributed by atoms with Crippen molar-refractivity contribution in [1.82, 2.24) is 0 Å². The fraction of sp³-hybridized carbons (Fsp3) is 1.00. The van der Waals surface area contributed by atoms with Gasteiger partial charge in [-0.1, -0.05) is 0 Å². The molecule has 0 atom stereocenters. The Morgan fingerprint density at radius 1 is 1.30 bits per heavy atom. The van der Waals surface area contributed by atoms with Gasteiger partial charge in [0, 0.05) is 0 Å². The summed E-state index contributed by atoms with van der Waals surface area (Å²) in [5.74, 6) is 0. The Morgan fingerprint density at radius 2 is 1.60 bits per heavy atom. The van der Waals surface area contributed by atoms with E-state index in [1.165, 1.54) is 13.8 Å². The monoisotopic (exact) mass is 152 g/mol. The maximum absolute atomic E-state index is 9.69. The quantitative estimate of drug-likeness (QED) is 0.291. The average molecular weight is 152 g/mol. The van der Waals surface area contributed by atoms with E-state index in [0.717, 1.165) is 0 Å². The predicted octanol–water partition coefficient (Wildman–Crippen LogP) is -6.75. The predicted molar refractivity (Wildman–Crippen MR) is 23.8 cm³/mol. The van der Waals surface area contributed by atoms with Gasteiger partial charge in [-0.05, 0) is 13.8 Å². The van der Waals surface area contributed by atoms with Crippen molar-refractivity contribution in [2.24, 2.45) is 0 Å². The molecule has 50 valence electrons. The van der Waals surface area contributed by atoms with Crippen LogP contribution >= 0.6 is 7.82 Å². The molecule has 0 saturated heterocycles. The Kier molecular flexibility index (Phi) is 12.2. The maximum atomic E-state index is 9.69. The van der Waals surface area contributed by atoms with Crippen LogP contribution in [0.1, 0.15) is 13.8 Å². The molecule has 0 aliphatic carbocycles. The van der Waals surface area contributed by atoms with Crippen molar-refractivity contribution in [3.63, 3.8) is 0 Å². The van der Waals surface area contributed by atoms with Gasteiger partial charge >= 0.3 is 37.7 Å². The van der Waals surface area contributed by atoms with Gasteiger partial charge in [-0.2, -0.15) is 0 Å². The minimum Gasteiger partial charge on any atom is -0.790 e. The van der Waals surface area contributed by atoms with E-state index in [2.05, 4.69) is 4.52 Å². The number of hydrogen-bond donors (Lipinski definition) is 0.